The zero-order chi connectivity index (χ0) is 16.3. The average Bonchev–Trinajstić information content (AvgIpc) is 2.31. The third kappa shape index (κ3) is 5.53. The molecule has 0 radical (unpaired) electrons. The molecule has 0 aliphatic heterocycles. The summed E-state index contributed by atoms with van der Waals surface area (Å²) in [5.74, 6) is -0.372. The molecule has 21 heavy (non-hydrogen) atoms. The highest BCUT2D eigenvalue weighted by Gasteiger charge is 2.27. The van der Waals surface area contributed by atoms with Crippen LogP contribution in [0, 0.1) is 0 Å². The fourth-order valence-electron chi connectivity index (χ4n) is 1.80. The Hall–Kier alpha value is -1.31. The lowest BCUT2D eigenvalue weighted by Gasteiger charge is -2.23. The molecule has 0 aliphatic rings. The predicted molar refractivity (Wildman–Crippen MR) is 86.0 cm³/mol. The largest absolute Gasteiger partial charge is 0.323 e. The number of halogens is 1. The SMILES string of the molecule is CCCC(C)(N)C(=O)Nc1cc(NS(C)(=O)=O)ccc1Cl. The van der Waals surface area contributed by atoms with Gasteiger partial charge >= 0.3 is 0 Å². The van der Waals surface area contributed by atoms with Gasteiger partial charge in [0, 0.05) is 0 Å². The first kappa shape index (κ1) is 17.7. The van der Waals surface area contributed by atoms with Gasteiger partial charge in [-0.1, -0.05) is 24.9 Å². The van der Waals surface area contributed by atoms with E-state index in [-0.39, 0.29) is 5.91 Å². The van der Waals surface area contributed by atoms with E-state index in [1.165, 1.54) is 18.2 Å². The van der Waals surface area contributed by atoms with Crippen molar-refractivity contribution in [3.05, 3.63) is 23.2 Å². The minimum atomic E-state index is -3.40. The lowest BCUT2D eigenvalue weighted by molar-refractivity contribution is -0.120. The smallest absolute Gasteiger partial charge is 0.244 e. The van der Waals surface area contributed by atoms with E-state index in [1.807, 2.05) is 6.92 Å². The van der Waals surface area contributed by atoms with E-state index in [4.69, 9.17) is 17.3 Å². The third-order valence-corrected chi connectivity index (χ3v) is 3.74. The number of carbonyl (C=O) groups excluding carboxylic acids is 1. The van der Waals surface area contributed by atoms with Gasteiger partial charge in [-0.2, -0.15) is 0 Å². The van der Waals surface area contributed by atoms with Crippen LogP contribution in [0.3, 0.4) is 0 Å². The molecular weight excluding hydrogens is 314 g/mol. The molecule has 0 aliphatic carbocycles. The van der Waals surface area contributed by atoms with Crippen molar-refractivity contribution in [3.8, 4) is 0 Å². The maximum absolute atomic E-state index is 12.1. The second-order valence-corrected chi connectivity index (χ2v) is 7.35. The number of hydrogen-bond donors (Lipinski definition) is 3. The van der Waals surface area contributed by atoms with E-state index >= 15 is 0 Å². The summed E-state index contributed by atoms with van der Waals surface area (Å²) >= 11 is 6.01. The number of nitrogens with two attached hydrogens (primary N) is 1. The van der Waals surface area contributed by atoms with E-state index in [2.05, 4.69) is 10.0 Å². The normalized spacial score (nSPS) is 14.3. The topological polar surface area (TPSA) is 101 Å². The zero-order valence-corrected chi connectivity index (χ0v) is 13.8. The molecular formula is C13H20ClN3O3S. The highest BCUT2D eigenvalue weighted by atomic mass is 35.5. The van der Waals surface area contributed by atoms with Gasteiger partial charge in [0.15, 0.2) is 0 Å². The predicted octanol–water partition coefficient (Wildman–Crippen LogP) is 2.17. The van der Waals surface area contributed by atoms with Crippen molar-refractivity contribution in [1.82, 2.24) is 0 Å². The molecule has 0 spiro atoms. The molecule has 1 amide bonds. The molecule has 1 atom stereocenters. The standard InChI is InChI=1S/C13H20ClN3O3S/c1-4-7-13(2,15)12(18)16-11-8-9(5-6-10(11)14)17-21(3,19)20/h5-6,8,17H,4,7,15H2,1-3H3,(H,16,18). The summed E-state index contributed by atoms with van der Waals surface area (Å²) in [5.41, 5.74) is 5.55. The molecule has 0 aromatic heterocycles. The molecule has 1 unspecified atom stereocenters. The lowest BCUT2D eigenvalue weighted by Crippen LogP contribution is -2.48. The molecule has 8 heteroatoms. The van der Waals surface area contributed by atoms with Gasteiger partial charge in [-0.25, -0.2) is 8.42 Å². The number of sulfonamides is 1. The van der Waals surface area contributed by atoms with E-state index in [0.717, 1.165) is 12.7 Å². The second-order valence-electron chi connectivity index (χ2n) is 5.19. The Morgan fingerprint density at radius 1 is 1.43 bits per heavy atom. The average molecular weight is 334 g/mol. The molecule has 0 fully saturated rings. The van der Waals surface area contributed by atoms with Gasteiger partial charge in [-0.15, -0.1) is 0 Å². The van der Waals surface area contributed by atoms with Crippen LogP contribution in [0.5, 0.6) is 0 Å². The van der Waals surface area contributed by atoms with Crippen LogP contribution < -0.4 is 15.8 Å². The van der Waals surface area contributed by atoms with Crippen molar-refractivity contribution in [2.75, 3.05) is 16.3 Å². The molecule has 0 saturated heterocycles. The van der Waals surface area contributed by atoms with Crippen molar-refractivity contribution in [2.45, 2.75) is 32.2 Å². The van der Waals surface area contributed by atoms with Gasteiger partial charge in [0.25, 0.3) is 0 Å². The van der Waals surface area contributed by atoms with Crippen LogP contribution in [-0.4, -0.2) is 26.1 Å². The summed E-state index contributed by atoms with van der Waals surface area (Å²) < 4.78 is 24.7. The molecule has 0 heterocycles. The molecule has 6 nitrogen and oxygen atoms in total. The van der Waals surface area contributed by atoms with Crippen LogP contribution in [0.1, 0.15) is 26.7 Å². The Kier molecular flexibility index (Phi) is 5.61. The number of anilines is 2. The van der Waals surface area contributed by atoms with Gasteiger partial charge in [0.2, 0.25) is 15.9 Å². The van der Waals surface area contributed by atoms with Gasteiger partial charge in [-0.05, 0) is 31.5 Å². The Morgan fingerprint density at radius 2 is 2.05 bits per heavy atom. The number of benzene rings is 1. The summed E-state index contributed by atoms with van der Waals surface area (Å²) in [4.78, 5) is 12.1. The highest BCUT2D eigenvalue weighted by Crippen LogP contribution is 2.27. The molecule has 4 N–H and O–H groups in total. The first-order valence-electron chi connectivity index (χ1n) is 6.43. The molecule has 0 saturated carbocycles. The lowest BCUT2D eigenvalue weighted by atomic mass is 9.96. The van der Waals surface area contributed by atoms with Crippen LogP contribution in [0.4, 0.5) is 11.4 Å². The third-order valence-electron chi connectivity index (χ3n) is 2.81. The number of nitrogens with one attached hydrogen (secondary N) is 2. The second kappa shape index (κ2) is 6.64. The van der Waals surface area contributed by atoms with Crippen molar-refractivity contribution in [3.63, 3.8) is 0 Å². The first-order valence-corrected chi connectivity index (χ1v) is 8.70. The Bertz CT molecular complexity index is 630. The van der Waals surface area contributed by atoms with Gasteiger partial charge in [-0.3, -0.25) is 9.52 Å². The summed E-state index contributed by atoms with van der Waals surface area (Å²) in [5, 5.41) is 2.93. The van der Waals surface area contributed by atoms with Crippen molar-refractivity contribution >= 4 is 38.9 Å². The number of rotatable bonds is 6. The first-order chi connectivity index (χ1) is 9.55. The number of hydrogen-bond acceptors (Lipinski definition) is 4. The molecule has 1 aromatic rings. The Morgan fingerprint density at radius 3 is 2.57 bits per heavy atom. The van der Waals surface area contributed by atoms with Crippen molar-refractivity contribution in [2.24, 2.45) is 5.73 Å². The summed E-state index contributed by atoms with van der Waals surface area (Å²) in [6.07, 6.45) is 2.33. The number of carbonyl (C=O) groups is 1. The van der Waals surface area contributed by atoms with Crippen LogP contribution >= 0.6 is 11.6 Å². The van der Waals surface area contributed by atoms with Crippen LogP contribution in [0.25, 0.3) is 0 Å². The van der Waals surface area contributed by atoms with Crippen LogP contribution in [0.2, 0.25) is 5.02 Å². The summed E-state index contributed by atoms with van der Waals surface area (Å²) in [6.45, 7) is 3.57. The minimum Gasteiger partial charge on any atom is -0.323 e. The van der Waals surface area contributed by atoms with E-state index < -0.39 is 15.6 Å². The van der Waals surface area contributed by atoms with E-state index in [0.29, 0.717) is 22.8 Å². The summed E-state index contributed by atoms with van der Waals surface area (Å²) in [7, 11) is -3.40. The summed E-state index contributed by atoms with van der Waals surface area (Å²) in [6, 6.07) is 4.45. The van der Waals surface area contributed by atoms with Crippen LogP contribution in [0.15, 0.2) is 18.2 Å². The molecule has 118 valence electrons. The maximum atomic E-state index is 12.1. The van der Waals surface area contributed by atoms with Crippen molar-refractivity contribution in [1.29, 1.82) is 0 Å². The fraction of sp³-hybridized carbons (Fsp3) is 0.462. The molecule has 1 aromatic carbocycles. The fourth-order valence-corrected chi connectivity index (χ4v) is 2.52. The van der Waals surface area contributed by atoms with Crippen LogP contribution in [-0.2, 0) is 14.8 Å². The minimum absolute atomic E-state index is 0.301. The van der Waals surface area contributed by atoms with Gasteiger partial charge in [0.05, 0.1) is 28.2 Å². The molecule has 1 rings (SSSR count). The van der Waals surface area contributed by atoms with Crippen molar-refractivity contribution < 1.29 is 13.2 Å². The van der Waals surface area contributed by atoms with Gasteiger partial charge in [0.1, 0.15) is 0 Å². The Balaban J connectivity index is 2.98. The maximum Gasteiger partial charge on any atom is 0.244 e. The van der Waals surface area contributed by atoms with E-state index in [9.17, 15) is 13.2 Å². The quantitative estimate of drug-likeness (QED) is 0.742. The van der Waals surface area contributed by atoms with Gasteiger partial charge < -0.3 is 11.1 Å². The Labute approximate surface area is 130 Å². The molecule has 0 bridgehead atoms. The monoisotopic (exact) mass is 333 g/mol. The van der Waals surface area contributed by atoms with E-state index in [1.54, 1.807) is 6.92 Å². The number of amides is 1. The zero-order valence-electron chi connectivity index (χ0n) is 12.2. The highest BCUT2D eigenvalue weighted by molar-refractivity contribution is 7.92.